The number of rotatable bonds is 6. The molecule has 2 aliphatic heterocycles. The van der Waals surface area contributed by atoms with Gasteiger partial charge in [-0.3, -0.25) is 24.6 Å². The number of carboxylic acid groups (broad SMARTS) is 1. The van der Waals surface area contributed by atoms with Crippen molar-refractivity contribution in [3.8, 4) is 11.5 Å². The first-order valence-corrected chi connectivity index (χ1v) is 10.5. The molecule has 0 spiro atoms. The zero-order valence-electron chi connectivity index (χ0n) is 18.1. The standard InChI is InChI=1S/C24H26N2O6/c1-13(2)26-21(28)17-18(22(26)29)24(23(30)31,12-14-8-5-4-6-9-14)25-19(17)15-10-7-11-16(32-3)20(15)27/h4-11,13,17-19,25,27H,12H2,1-3H3,(H,30,31)/t17-,18+,19+,24-/m1/s1. The van der Waals surface area contributed by atoms with Gasteiger partial charge in [0.25, 0.3) is 0 Å². The molecule has 0 aliphatic carbocycles. The summed E-state index contributed by atoms with van der Waals surface area (Å²) in [6.45, 7) is 3.45. The predicted molar refractivity (Wildman–Crippen MR) is 115 cm³/mol. The number of ether oxygens (including phenoxy) is 1. The Morgan fingerprint density at radius 3 is 2.41 bits per heavy atom. The lowest BCUT2D eigenvalue weighted by atomic mass is 9.76. The highest BCUT2D eigenvalue weighted by molar-refractivity contribution is 6.09. The van der Waals surface area contributed by atoms with Crippen molar-refractivity contribution in [2.45, 2.75) is 37.9 Å². The smallest absolute Gasteiger partial charge is 0.325 e. The molecule has 0 radical (unpaired) electrons. The minimum Gasteiger partial charge on any atom is -0.504 e. The number of imide groups is 1. The summed E-state index contributed by atoms with van der Waals surface area (Å²) in [4.78, 5) is 40.8. The number of likely N-dealkylation sites (tertiary alicyclic amines) is 1. The summed E-state index contributed by atoms with van der Waals surface area (Å²) in [7, 11) is 1.41. The number of carboxylic acids is 1. The first-order chi connectivity index (χ1) is 15.2. The van der Waals surface area contributed by atoms with Crippen LogP contribution in [0.3, 0.4) is 0 Å². The van der Waals surface area contributed by atoms with Crippen molar-refractivity contribution in [2.75, 3.05) is 7.11 Å². The third-order valence-electron chi connectivity index (χ3n) is 6.50. The second-order valence-corrected chi connectivity index (χ2v) is 8.60. The van der Waals surface area contributed by atoms with Gasteiger partial charge in [0.1, 0.15) is 5.54 Å². The van der Waals surface area contributed by atoms with Gasteiger partial charge in [-0.2, -0.15) is 0 Å². The number of nitrogens with one attached hydrogen (secondary N) is 1. The van der Waals surface area contributed by atoms with Crippen molar-refractivity contribution in [1.82, 2.24) is 10.2 Å². The number of carbonyl (C=O) groups excluding carboxylic acids is 2. The lowest BCUT2D eigenvalue weighted by molar-refractivity contribution is -0.152. The van der Waals surface area contributed by atoms with E-state index in [2.05, 4.69) is 5.32 Å². The minimum absolute atomic E-state index is 0.0104. The van der Waals surface area contributed by atoms with Crippen LogP contribution >= 0.6 is 0 Å². The predicted octanol–water partition coefficient (Wildman–Crippen LogP) is 2.12. The molecule has 2 fully saturated rings. The molecule has 2 saturated heterocycles. The van der Waals surface area contributed by atoms with Crippen molar-refractivity contribution >= 4 is 17.8 Å². The highest BCUT2D eigenvalue weighted by Gasteiger charge is 2.68. The number of phenolic OH excluding ortho intramolecular Hbond substituents is 1. The number of aliphatic carboxylic acids is 1. The Kier molecular flexibility index (Phi) is 5.42. The summed E-state index contributed by atoms with van der Waals surface area (Å²) in [5, 5.41) is 24.3. The summed E-state index contributed by atoms with van der Waals surface area (Å²) < 4.78 is 5.20. The Balaban J connectivity index is 1.90. The third kappa shape index (κ3) is 3.14. The average molecular weight is 438 g/mol. The number of amides is 2. The lowest BCUT2D eigenvalue weighted by Crippen LogP contribution is -2.57. The lowest BCUT2D eigenvalue weighted by Gasteiger charge is -2.32. The Labute approximate surface area is 185 Å². The maximum absolute atomic E-state index is 13.4. The van der Waals surface area contributed by atoms with Crippen LogP contribution in [0.15, 0.2) is 48.5 Å². The molecular weight excluding hydrogens is 412 g/mol. The van der Waals surface area contributed by atoms with E-state index in [4.69, 9.17) is 4.74 Å². The molecule has 32 heavy (non-hydrogen) atoms. The number of hydrogen-bond donors (Lipinski definition) is 3. The summed E-state index contributed by atoms with van der Waals surface area (Å²) in [5.74, 6) is -4.23. The van der Waals surface area contributed by atoms with Gasteiger partial charge in [-0.25, -0.2) is 0 Å². The van der Waals surface area contributed by atoms with Crippen LogP contribution in [0, 0.1) is 11.8 Å². The van der Waals surface area contributed by atoms with Crippen LogP contribution in [0.4, 0.5) is 0 Å². The van der Waals surface area contributed by atoms with Gasteiger partial charge in [-0.15, -0.1) is 0 Å². The van der Waals surface area contributed by atoms with Crippen molar-refractivity contribution in [2.24, 2.45) is 11.8 Å². The maximum atomic E-state index is 13.4. The molecule has 2 amide bonds. The van der Waals surface area contributed by atoms with E-state index in [1.54, 1.807) is 56.3 Å². The second-order valence-electron chi connectivity index (χ2n) is 8.60. The molecule has 0 saturated carbocycles. The Bertz CT molecular complexity index is 1070. The van der Waals surface area contributed by atoms with Crippen LogP contribution in [-0.2, 0) is 20.8 Å². The highest BCUT2D eigenvalue weighted by atomic mass is 16.5. The molecule has 0 bridgehead atoms. The van der Waals surface area contributed by atoms with Crippen LogP contribution in [0.2, 0.25) is 0 Å². The number of para-hydroxylation sites is 1. The van der Waals surface area contributed by atoms with Crippen molar-refractivity contribution < 1.29 is 29.3 Å². The summed E-state index contributed by atoms with van der Waals surface area (Å²) in [6, 6.07) is 12.5. The van der Waals surface area contributed by atoms with E-state index in [1.807, 2.05) is 6.07 Å². The Morgan fingerprint density at radius 1 is 1.12 bits per heavy atom. The van der Waals surface area contributed by atoms with E-state index in [1.165, 1.54) is 7.11 Å². The molecule has 3 N–H and O–H groups in total. The monoisotopic (exact) mass is 438 g/mol. The van der Waals surface area contributed by atoms with Crippen LogP contribution in [0.5, 0.6) is 11.5 Å². The van der Waals surface area contributed by atoms with Gasteiger partial charge >= 0.3 is 5.97 Å². The second kappa shape index (κ2) is 7.94. The van der Waals surface area contributed by atoms with E-state index < -0.39 is 47.2 Å². The van der Waals surface area contributed by atoms with Crippen molar-refractivity contribution in [1.29, 1.82) is 0 Å². The molecule has 0 aromatic heterocycles. The number of benzene rings is 2. The number of methoxy groups -OCH3 is 1. The SMILES string of the molecule is COc1cccc([C@@H]2N[C@@](Cc3ccccc3)(C(=O)O)[C@@H]3C(=O)N(C(C)C)C(=O)[C@H]32)c1O. The molecule has 2 aliphatic rings. The normalized spacial score (nSPS) is 27.1. The van der Waals surface area contributed by atoms with Gasteiger partial charge in [0.05, 0.1) is 18.9 Å². The Morgan fingerprint density at radius 2 is 1.81 bits per heavy atom. The van der Waals surface area contributed by atoms with E-state index in [9.17, 15) is 24.6 Å². The molecule has 8 nitrogen and oxygen atoms in total. The van der Waals surface area contributed by atoms with Crippen LogP contribution < -0.4 is 10.1 Å². The van der Waals surface area contributed by atoms with E-state index in [0.29, 0.717) is 5.56 Å². The number of nitrogens with zero attached hydrogens (tertiary/aromatic N) is 1. The van der Waals surface area contributed by atoms with Crippen LogP contribution in [0.25, 0.3) is 0 Å². The number of aromatic hydroxyl groups is 1. The fraction of sp³-hybridized carbons (Fsp3) is 0.375. The number of carbonyl (C=O) groups is 3. The van der Waals surface area contributed by atoms with E-state index >= 15 is 0 Å². The zero-order valence-corrected chi connectivity index (χ0v) is 18.1. The quantitative estimate of drug-likeness (QED) is 0.592. The number of fused-ring (bicyclic) bond motifs is 1. The van der Waals surface area contributed by atoms with Crippen LogP contribution in [-0.4, -0.2) is 51.6 Å². The van der Waals surface area contributed by atoms with E-state index in [0.717, 1.165) is 10.5 Å². The summed E-state index contributed by atoms with van der Waals surface area (Å²) >= 11 is 0. The number of hydrogen-bond acceptors (Lipinski definition) is 6. The van der Waals surface area contributed by atoms with Gasteiger partial charge in [0.15, 0.2) is 11.5 Å². The molecule has 4 atom stereocenters. The maximum Gasteiger partial charge on any atom is 0.325 e. The first kappa shape index (κ1) is 21.8. The molecule has 2 heterocycles. The van der Waals surface area contributed by atoms with Gasteiger partial charge in [-0.05, 0) is 25.5 Å². The molecule has 2 aromatic rings. The summed E-state index contributed by atoms with van der Waals surface area (Å²) in [5.41, 5.74) is -0.676. The largest absolute Gasteiger partial charge is 0.504 e. The van der Waals surface area contributed by atoms with E-state index in [-0.39, 0.29) is 17.9 Å². The highest BCUT2D eigenvalue weighted by Crippen LogP contribution is 2.52. The van der Waals surface area contributed by atoms with Gasteiger partial charge in [0, 0.05) is 24.1 Å². The average Bonchev–Trinajstić information content (AvgIpc) is 3.23. The summed E-state index contributed by atoms with van der Waals surface area (Å²) in [6.07, 6.45) is 0.0104. The minimum atomic E-state index is -1.72. The molecule has 168 valence electrons. The number of phenols is 1. The fourth-order valence-corrected chi connectivity index (χ4v) is 5.11. The van der Waals surface area contributed by atoms with Crippen molar-refractivity contribution in [3.05, 3.63) is 59.7 Å². The molecular formula is C24H26N2O6. The van der Waals surface area contributed by atoms with Gasteiger partial charge < -0.3 is 14.9 Å². The van der Waals surface area contributed by atoms with Crippen LogP contribution in [0.1, 0.15) is 31.0 Å². The molecule has 2 aromatic carbocycles. The van der Waals surface area contributed by atoms with Gasteiger partial charge in [-0.1, -0.05) is 42.5 Å². The molecule has 8 heteroatoms. The molecule has 4 rings (SSSR count). The molecule has 0 unspecified atom stereocenters. The van der Waals surface area contributed by atoms with Gasteiger partial charge in [0.2, 0.25) is 11.8 Å². The van der Waals surface area contributed by atoms with Crippen molar-refractivity contribution in [3.63, 3.8) is 0 Å². The third-order valence-corrected chi connectivity index (χ3v) is 6.50. The Hall–Kier alpha value is -3.39. The first-order valence-electron chi connectivity index (χ1n) is 10.5. The topological polar surface area (TPSA) is 116 Å². The fourth-order valence-electron chi connectivity index (χ4n) is 5.11. The zero-order chi connectivity index (χ0) is 23.2.